The number of carbonyl (C=O) groups is 1. The van der Waals surface area contributed by atoms with Crippen molar-refractivity contribution in [2.24, 2.45) is 0 Å². The van der Waals surface area contributed by atoms with Crippen molar-refractivity contribution in [3.8, 4) is 11.3 Å². The third kappa shape index (κ3) is 6.25. The van der Waals surface area contributed by atoms with E-state index in [9.17, 15) is 26.4 Å². The Morgan fingerprint density at radius 3 is 2.65 bits per heavy atom. The number of likely N-dealkylation sites (tertiary alicyclic amines) is 1. The molecule has 198 valence electrons. The molecule has 0 bridgehead atoms. The Hall–Kier alpha value is -3.52. The van der Waals surface area contributed by atoms with E-state index in [0.717, 1.165) is 12.8 Å². The lowest BCUT2D eigenvalue weighted by molar-refractivity contribution is -0.130. The van der Waals surface area contributed by atoms with E-state index >= 15 is 0 Å². The average molecular weight is 538 g/mol. The van der Waals surface area contributed by atoms with Crippen LogP contribution in [-0.4, -0.2) is 64.0 Å². The van der Waals surface area contributed by atoms with Crippen molar-refractivity contribution < 1.29 is 26.4 Å². The van der Waals surface area contributed by atoms with Gasteiger partial charge in [0.05, 0.1) is 23.6 Å². The quantitative estimate of drug-likeness (QED) is 0.422. The van der Waals surface area contributed by atoms with Gasteiger partial charge in [0.25, 0.3) is 0 Å². The first kappa shape index (κ1) is 26.5. The average Bonchev–Trinajstić information content (AvgIpc) is 3.27. The van der Waals surface area contributed by atoms with Gasteiger partial charge >= 0.3 is 6.18 Å². The van der Waals surface area contributed by atoms with Crippen molar-refractivity contribution in [2.45, 2.75) is 38.0 Å². The van der Waals surface area contributed by atoms with Crippen LogP contribution in [0.3, 0.4) is 0 Å². The van der Waals surface area contributed by atoms with E-state index < -0.39 is 28.4 Å². The predicted molar refractivity (Wildman–Crippen MR) is 132 cm³/mol. The summed E-state index contributed by atoms with van der Waals surface area (Å²) < 4.78 is 64.7. The van der Waals surface area contributed by atoms with Crippen LogP contribution < -0.4 is 10.5 Å². The summed E-state index contributed by atoms with van der Waals surface area (Å²) in [6.45, 7) is 4.47. The second-order valence-corrected chi connectivity index (χ2v) is 10.7. The molecule has 0 spiro atoms. The van der Waals surface area contributed by atoms with Gasteiger partial charge in [0.1, 0.15) is 17.8 Å². The molecule has 1 aliphatic heterocycles. The van der Waals surface area contributed by atoms with Gasteiger partial charge in [-0.15, -0.1) is 0 Å². The van der Waals surface area contributed by atoms with E-state index in [0.29, 0.717) is 40.9 Å². The van der Waals surface area contributed by atoms with E-state index in [1.54, 1.807) is 33.8 Å². The zero-order chi connectivity index (χ0) is 26.8. The second-order valence-electron chi connectivity index (χ2n) is 8.74. The number of nitrogens with one attached hydrogen (secondary N) is 1. The highest BCUT2D eigenvalue weighted by atomic mass is 32.2. The molecular weight excluding hydrogens is 511 g/mol. The fourth-order valence-corrected chi connectivity index (χ4v) is 5.26. The van der Waals surface area contributed by atoms with Crippen molar-refractivity contribution in [3.63, 3.8) is 0 Å². The van der Waals surface area contributed by atoms with E-state index in [4.69, 9.17) is 10.8 Å². The van der Waals surface area contributed by atoms with Crippen molar-refractivity contribution >= 4 is 32.8 Å². The third-order valence-electron chi connectivity index (χ3n) is 6.12. The molecule has 37 heavy (non-hydrogen) atoms. The maximum absolute atomic E-state index is 12.3. The highest BCUT2D eigenvalue weighted by Crippen LogP contribution is 2.34. The number of piperidine rings is 1. The van der Waals surface area contributed by atoms with Crippen LogP contribution in [0.5, 0.6) is 0 Å². The number of nitrogens with zero attached hydrogens (tertiary/aromatic N) is 5. The lowest BCUT2D eigenvalue weighted by atomic mass is 10.1. The molecular formula is C23H26F3N7O3S. The molecule has 10 nitrogen and oxygen atoms in total. The van der Waals surface area contributed by atoms with Gasteiger partial charge in [-0.1, -0.05) is 30.8 Å². The SMILES string of the molecule is C=CC(=O)N1CCC[C@@H](n2nc(-c3ccc(CNS(=O)(=O)CCC(F)(F)F)cc3)c3c(N)ncnc32)C1. The first-order chi connectivity index (χ1) is 17.5. The largest absolute Gasteiger partial charge is 0.390 e. The smallest absolute Gasteiger partial charge is 0.383 e. The zero-order valence-electron chi connectivity index (χ0n) is 19.8. The molecule has 1 saturated heterocycles. The number of fused-ring (bicyclic) bond motifs is 1. The molecule has 3 aromatic rings. The number of hydrogen-bond acceptors (Lipinski definition) is 7. The molecule has 0 radical (unpaired) electrons. The number of sulfonamides is 1. The Morgan fingerprint density at radius 1 is 1.24 bits per heavy atom. The maximum atomic E-state index is 12.3. The number of alkyl halides is 3. The van der Waals surface area contributed by atoms with Gasteiger partial charge in [-0.05, 0) is 24.5 Å². The molecule has 1 atom stereocenters. The first-order valence-electron chi connectivity index (χ1n) is 11.5. The monoisotopic (exact) mass is 537 g/mol. The standard InChI is InChI=1S/C23H26F3N7O3S/c1-2-18(34)32-10-3-4-17(13-32)33-22-19(21(27)28-14-29-22)20(31-33)16-7-5-15(6-8-16)12-30-37(35,36)11-9-23(24,25)26/h2,5-8,14,17,30H,1,3-4,9-13H2,(H2,27,28,29)/t17-/m1/s1. The van der Waals surface area contributed by atoms with Gasteiger partial charge in [0.15, 0.2) is 5.65 Å². The molecule has 0 unspecified atom stereocenters. The molecule has 1 aliphatic rings. The molecule has 14 heteroatoms. The van der Waals surface area contributed by atoms with Crippen LogP contribution >= 0.6 is 0 Å². The highest BCUT2D eigenvalue weighted by Gasteiger charge is 2.30. The summed E-state index contributed by atoms with van der Waals surface area (Å²) in [5, 5.41) is 5.33. The predicted octanol–water partition coefficient (Wildman–Crippen LogP) is 2.80. The fraction of sp³-hybridized carbons (Fsp3) is 0.391. The number of nitrogen functional groups attached to an aromatic ring is 1. The van der Waals surface area contributed by atoms with Crippen LogP contribution in [0.25, 0.3) is 22.3 Å². The number of carbonyl (C=O) groups excluding carboxylic acids is 1. The lowest BCUT2D eigenvalue weighted by Crippen LogP contribution is -2.40. The van der Waals surface area contributed by atoms with Crippen molar-refractivity contribution in [1.29, 1.82) is 0 Å². The van der Waals surface area contributed by atoms with E-state index in [1.807, 2.05) is 0 Å². The summed E-state index contributed by atoms with van der Waals surface area (Å²) in [5.41, 5.74) is 8.46. The molecule has 4 rings (SSSR count). The van der Waals surface area contributed by atoms with E-state index in [2.05, 4.69) is 21.3 Å². The maximum Gasteiger partial charge on any atom is 0.390 e. The number of rotatable bonds is 8. The van der Waals surface area contributed by atoms with Crippen LogP contribution in [0.2, 0.25) is 0 Å². The van der Waals surface area contributed by atoms with Crippen LogP contribution in [0.15, 0.2) is 43.2 Å². The Labute approximate surface area is 211 Å². The molecule has 1 aromatic carbocycles. The summed E-state index contributed by atoms with van der Waals surface area (Å²) in [7, 11) is -4.08. The van der Waals surface area contributed by atoms with Crippen LogP contribution in [0.4, 0.5) is 19.0 Å². The Balaban J connectivity index is 1.57. The topological polar surface area (TPSA) is 136 Å². The number of aromatic nitrogens is 4. The van der Waals surface area contributed by atoms with E-state index in [1.165, 1.54) is 12.4 Å². The fourth-order valence-electron chi connectivity index (χ4n) is 4.23. The van der Waals surface area contributed by atoms with Gasteiger partial charge in [0, 0.05) is 25.2 Å². The summed E-state index contributed by atoms with van der Waals surface area (Å²) in [6.07, 6.45) is -1.76. The molecule has 0 saturated carbocycles. The minimum atomic E-state index is -4.55. The van der Waals surface area contributed by atoms with Gasteiger partial charge in [-0.2, -0.15) is 18.3 Å². The van der Waals surface area contributed by atoms with Gasteiger partial charge in [0.2, 0.25) is 15.9 Å². The molecule has 3 N–H and O–H groups in total. The number of benzene rings is 1. The number of nitrogens with two attached hydrogens (primary N) is 1. The normalized spacial score (nSPS) is 16.7. The molecule has 1 amide bonds. The van der Waals surface area contributed by atoms with Gasteiger partial charge in [-0.25, -0.2) is 27.8 Å². The molecule has 3 heterocycles. The Morgan fingerprint density at radius 2 is 1.97 bits per heavy atom. The Kier molecular flexibility index (Phi) is 7.50. The number of hydrogen-bond donors (Lipinski definition) is 2. The molecule has 1 fully saturated rings. The number of halogens is 3. The first-order valence-corrected chi connectivity index (χ1v) is 13.2. The van der Waals surface area contributed by atoms with Crippen molar-refractivity contribution in [3.05, 3.63) is 48.8 Å². The minimum absolute atomic E-state index is 0.131. The summed E-state index contributed by atoms with van der Waals surface area (Å²) >= 11 is 0. The molecule has 2 aromatic heterocycles. The minimum Gasteiger partial charge on any atom is -0.383 e. The second kappa shape index (κ2) is 10.5. The van der Waals surface area contributed by atoms with Gasteiger partial charge < -0.3 is 10.6 Å². The lowest BCUT2D eigenvalue weighted by Gasteiger charge is -2.32. The Bertz CT molecular complexity index is 1410. The summed E-state index contributed by atoms with van der Waals surface area (Å²) in [4.78, 5) is 22.4. The van der Waals surface area contributed by atoms with Crippen LogP contribution in [0, 0.1) is 0 Å². The van der Waals surface area contributed by atoms with Crippen molar-refractivity contribution in [2.75, 3.05) is 24.6 Å². The summed E-state index contributed by atoms with van der Waals surface area (Å²) in [6, 6.07) is 6.60. The zero-order valence-corrected chi connectivity index (χ0v) is 20.6. The van der Waals surface area contributed by atoms with Crippen LogP contribution in [-0.2, 0) is 21.4 Å². The van der Waals surface area contributed by atoms with Crippen molar-refractivity contribution in [1.82, 2.24) is 29.4 Å². The molecule has 0 aliphatic carbocycles. The highest BCUT2D eigenvalue weighted by molar-refractivity contribution is 7.89. The number of amides is 1. The van der Waals surface area contributed by atoms with Crippen LogP contribution in [0.1, 0.15) is 30.9 Å². The third-order valence-corrected chi connectivity index (χ3v) is 7.45. The van der Waals surface area contributed by atoms with Gasteiger partial charge in [-0.3, -0.25) is 4.79 Å². The summed E-state index contributed by atoms with van der Waals surface area (Å²) in [5.74, 6) is -0.948. The van der Waals surface area contributed by atoms with E-state index in [-0.39, 0.29) is 24.3 Å². The number of anilines is 1.